The largest absolute Gasteiger partial charge is 0.383 e. The average molecular weight is 232 g/mol. The molecule has 0 unspecified atom stereocenters. The van der Waals surface area contributed by atoms with Gasteiger partial charge in [0.1, 0.15) is 18.0 Å². The van der Waals surface area contributed by atoms with Gasteiger partial charge >= 0.3 is 0 Å². The third-order valence-electron chi connectivity index (χ3n) is 2.45. The molecule has 0 aliphatic heterocycles. The van der Waals surface area contributed by atoms with Gasteiger partial charge in [0.15, 0.2) is 5.82 Å². The molecule has 17 heavy (non-hydrogen) atoms. The van der Waals surface area contributed by atoms with Crippen LogP contribution in [0.1, 0.15) is 25.3 Å². The first-order valence-electron chi connectivity index (χ1n) is 5.45. The van der Waals surface area contributed by atoms with Crippen LogP contribution < -0.4 is 11.1 Å². The van der Waals surface area contributed by atoms with Crippen LogP contribution in [-0.2, 0) is 7.05 Å². The minimum absolute atomic E-state index is 0.252. The minimum Gasteiger partial charge on any atom is -0.383 e. The van der Waals surface area contributed by atoms with E-state index >= 15 is 0 Å². The number of nitrogens with zero attached hydrogens (tertiary/aromatic N) is 4. The summed E-state index contributed by atoms with van der Waals surface area (Å²) in [5.74, 6) is 2.22. The molecule has 0 saturated carbocycles. The van der Waals surface area contributed by atoms with Crippen molar-refractivity contribution in [3.8, 4) is 0 Å². The summed E-state index contributed by atoms with van der Waals surface area (Å²) in [7, 11) is 1.86. The number of rotatable bonds is 3. The van der Waals surface area contributed by atoms with E-state index in [0.717, 1.165) is 11.4 Å². The molecule has 0 fully saturated rings. The normalized spacial score (nSPS) is 10.8. The van der Waals surface area contributed by atoms with Crippen LogP contribution in [0.5, 0.6) is 0 Å². The highest BCUT2D eigenvalue weighted by atomic mass is 15.3. The topological polar surface area (TPSA) is 81.6 Å². The Bertz CT molecular complexity index is 516. The highest BCUT2D eigenvalue weighted by Crippen LogP contribution is 2.27. The Hall–Kier alpha value is -2.11. The van der Waals surface area contributed by atoms with Gasteiger partial charge in [-0.25, -0.2) is 9.97 Å². The van der Waals surface area contributed by atoms with E-state index in [0.29, 0.717) is 11.6 Å². The van der Waals surface area contributed by atoms with E-state index in [1.165, 1.54) is 6.33 Å². The van der Waals surface area contributed by atoms with Crippen LogP contribution in [0.15, 0.2) is 18.6 Å². The lowest BCUT2D eigenvalue weighted by molar-refractivity contribution is 0.770. The highest BCUT2D eigenvalue weighted by molar-refractivity contribution is 5.62. The van der Waals surface area contributed by atoms with E-state index in [1.54, 1.807) is 4.68 Å². The maximum atomic E-state index is 5.86. The molecular formula is C11H16N6. The third kappa shape index (κ3) is 2.35. The van der Waals surface area contributed by atoms with Crippen molar-refractivity contribution in [2.75, 3.05) is 11.1 Å². The number of hydrogen-bond acceptors (Lipinski definition) is 5. The zero-order chi connectivity index (χ0) is 12.4. The first-order valence-corrected chi connectivity index (χ1v) is 5.45. The summed E-state index contributed by atoms with van der Waals surface area (Å²) in [5, 5.41) is 7.39. The number of nitrogens with one attached hydrogen (secondary N) is 1. The molecular weight excluding hydrogens is 216 g/mol. The van der Waals surface area contributed by atoms with Crippen molar-refractivity contribution in [2.24, 2.45) is 7.05 Å². The van der Waals surface area contributed by atoms with Gasteiger partial charge in [-0.15, -0.1) is 0 Å². The highest BCUT2D eigenvalue weighted by Gasteiger charge is 2.13. The van der Waals surface area contributed by atoms with Crippen LogP contribution in [0.2, 0.25) is 0 Å². The van der Waals surface area contributed by atoms with Gasteiger partial charge in [0, 0.05) is 24.9 Å². The van der Waals surface area contributed by atoms with Crippen molar-refractivity contribution in [2.45, 2.75) is 19.8 Å². The number of hydrogen-bond donors (Lipinski definition) is 2. The molecule has 0 aromatic carbocycles. The molecule has 0 bridgehead atoms. The van der Waals surface area contributed by atoms with E-state index in [-0.39, 0.29) is 5.92 Å². The molecule has 6 heteroatoms. The summed E-state index contributed by atoms with van der Waals surface area (Å²) in [5.41, 5.74) is 6.78. The Morgan fingerprint density at radius 2 is 2.12 bits per heavy atom. The first-order chi connectivity index (χ1) is 8.08. The second-order valence-electron chi connectivity index (χ2n) is 4.18. The van der Waals surface area contributed by atoms with Crippen molar-refractivity contribution in [1.29, 1.82) is 0 Å². The van der Waals surface area contributed by atoms with Crippen molar-refractivity contribution in [3.63, 3.8) is 0 Å². The van der Waals surface area contributed by atoms with Crippen LogP contribution in [-0.4, -0.2) is 19.7 Å². The number of aromatic nitrogens is 4. The third-order valence-corrected chi connectivity index (χ3v) is 2.45. The molecule has 0 aliphatic carbocycles. The van der Waals surface area contributed by atoms with E-state index in [9.17, 15) is 0 Å². The predicted molar refractivity (Wildman–Crippen MR) is 67.0 cm³/mol. The molecule has 2 aromatic heterocycles. The fraction of sp³-hybridized carbons (Fsp3) is 0.364. The molecule has 0 radical (unpaired) electrons. The SMILES string of the molecule is CC(C)c1c(N)ncnc1Nc1ccn(C)n1. The monoisotopic (exact) mass is 232 g/mol. The molecule has 2 heterocycles. The Balaban J connectivity index is 2.35. The maximum Gasteiger partial charge on any atom is 0.153 e. The average Bonchev–Trinajstić information content (AvgIpc) is 2.63. The molecule has 90 valence electrons. The van der Waals surface area contributed by atoms with Gasteiger partial charge < -0.3 is 11.1 Å². The Labute approximate surface area is 99.9 Å². The summed E-state index contributed by atoms with van der Waals surface area (Å²) in [4.78, 5) is 8.22. The standard InChI is InChI=1S/C11H16N6/c1-7(2)9-10(12)13-6-14-11(9)15-8-4-5-17(3)16-8/h4-7H,1-3H3,(H3,12,13,14,15,16). The predicted octanol–water partition coefficient (Wildman–Crippen LogP) is 1.66. The van der Waals surface area contributed by atoms with E-state index in [2.05, 4.69) is 34.2 Å². The van der Waals surface area contributed by atoms with Crippen molar-refractivity contribution in [1.82, 2.24) is 19.7 Å². The van der Waals surface area contributed by atoms with Gasteiger partial charge in [-0.1, -0.05) is 13.8 Å². The molecule has 0 amide bonds. The molecule has 0 atom stereocenters. The minimum atomic E-state index is 0.252. The molecule has 2 rings (SSSR count). The van der Waals surface area contributed by atoms with Crippen molar-refractivity contribution in [3.05, 3.63) is 24.2 Å². The smallest absolute Gasteiger partial charge is 0.153 e. The number of nitrogen functional groups attached to an aromatic ring is 1. The van der Waals surface area contributed by atoms with Crippen LogP contribution >= 0.6 is 0 Å². The van der Waals surface area contributed by atoms with Gasteiger partial charge in [0.25, 0.3) is 0 Å². The zero-order valence-electron chi connectivity index (χ0n) is 10.2. The Morgan fingerprint density at radius 1 is 1.35 bits per heavy atom. The lowest BCUT2D eigenvalue weighted by Gasteiger charge is -2.13. The molecule has 0 spiro atoms. The van der Waals surface area contributed by atoms with Crippen LogP contribution in [0.4, 0.5) is 17.5 Å². The first kappa shape index (κ1) is 11.4. The van der Waals surface area contributed by atoms with Gasteiger partial charge in [0.2, 0.25) is 0 Å². The molecule has 6 nitrogen and oxygen atoms in total. The summed E-state index contributed by atoms with van der Waals surface area (Å²) in [6, 6.07) is 1.88. The number of anilines is 3. The van der Waals surface area contributed by atoms with Gasteiger partial charge in [-0.3, -0.25) is 4.68 Å². The van der Waals surface area contributed by atoms with Crippen LogP contribution in [0.25, 0.3) is 0 Å². The second kappa shape index (κ2) is 4.40. The summed E-state index contributed by atoms with van der Waals surface area (Å²) < 4.78 is 1.72. The summed E-state index contributed by atoms with van der Waals surface area (Å²) in [6.07, 6.45) is 3.31. The lowest BCUT2D eigenvalue weighted by Crippen LogP contribution is -2.07. The number of nitrogens with two attached hydrogens (primary N) is 1. The summed E-state index contributed by atoms with van der Waals surface area (Å²) in [6.45, 7) is 4.11. The Morgan fingerprint density at radius 3 is 2.71 bits per heavy atom. The quantitative estimate of drug-likeness (QED) is 0.841. The second-order valence-corrected chi connectivity index (χ2v) is 4.18. The van der Waals surface area contributed by atoms with E-state index < -0.39 is 0 Å². The van der Waals surface area contributed by atoms with E-state index in [1.807, 2.05) is 19.3 Å². The van der Waals surface area contributed by atoms with Crippen LogP contribution in [0.3, 0.4) is 0 Å². The van der Waals surface area contributed by atoms with Crippen LogP contribution in [0, 0.1) is 0 Å². The lowest BCUT2D eigenvalue weighted by atomic mass is 10.0. The molecule has 0 aliphatic rings. The molecule has 0 saturated heterocycles. The fourth-order valence-electron chi connectivity index (χ4n) is 1.68. The summed E-state index contributed by atoms with van der Waals surface area (Å²) >= 11 is 0. The van der Waals surface area contributed by atoms with Gasteiger partial charge in [-0.05, 0) is 5.92 Å². The maximum absolute atomic E-state index is 5.86. The van der Waals surface area contributed by atoms with Gasteiger partial charge in [-0.2, -0.15) is 5.10 Å². The van der Waals surface area contributed by atoms with Crippen molar-refractivity contribution >= 4 is 17.5 Å². The zero-order valence-corrected chi connectivity index (χ0v) is 10.2. The number of aryl methyl sites for hydroxylation is 1. The molecule has 2 aromatic rings. The van der Waals surface area contributed by atoms with Gasteiger partial charge in [0.05, 0.1) is 0 Å². The van der Waals surface area contributed by atoms with E-state index in [4.69, 9.17) is 5.73 Å². The molecule has 3 N–H and O–H groups in total. The Kier molecular flexibility index (Phi) is 2.95. The van der Waals surface area contributed by atoms with Crippen molar-refractivity contribution < 1.29 is 0 Å². The fourth-order valence-corrected chi connectivity index (χ4v) is 1.68.